The number of ether oxygens (including phenoxy) is 1. The van der Waals surface area contributed by atoms with Gasteiger partial charge in [-0.25, -0.2) is 4.98 Å². The number of aromatic amines is 1. The van der Waals surface area contributed by atoms with E-state index < -0.39 is 6.10 Å². The Labute approximate surface area is 161 Å². The summed E-state index contributed by atoms with van der Waals surface area (Å²) in [6.45, 7) is 2.14. The Morgan fingerprint density at radius 2 is 1.96 bits per heavy atom. The molecule has 27 heavy (non-hydrogen) atoms. The van der Waals surface area contributed by atoms with E-state index >= 15 is 0 Å². The summed E-state index contributed by atoms with van der Waals surface area (Å²) in [5, 5.41) is 6.46. The molecule has 5 nitrogen and oxygen atoms in total. The number of thiazole rings is 1. The molecular formula is C21H19N3O2S. The van der Waals surface area contributed by atoms with Gasteiger partial charge in [-0.2, -0.15) is 0 Å². The number of nitrogens with zero attached hydrogens (tertiary/aromatic N) is 1. The average Bonchev–Trinajstić information content (AvgIpc) is 3.33. The quantitative estimate of drug-likeness (QED) is 0.505. The van der Waals surface area contributed by atoms with Crippen molar-refractivity contribution in [2.45, 2.75) is 19.6 Å². The molecule has 0 aliphatic rings. The number of anilines is 1. The molecule has 1 unspecified atom stereocenters. The zero-order valence-corrected chi connectivity index (χ0v) is 15.6. The number of benzene rings is 2. The van der Waals surface area contributed by atoms with Gasteiger partial charge in [-0.1, -0.05) is 48.5 Å². The Hall–Kier alpha value is -2.96. The minimum Gasteiger partial charge on any atom is -0.364 e. The Bertz CT molecular complexity index is 1060. The van der Waals surface area contributed by atoms with Crippen LogP contribution in [0.15, 0.2) is 66.2 Å². The minimum atomic E-state index is -0.564. The normalized spacial score (nSPS) is 12.2. The molecule has 4 rings (SSSR count). The molecule has 2 aromatic carbocycles. The summed E-state index contributed by atoms with van der Waals surface area (Å²) >= 11 is 1.40. The van der Waals surface area contributed by atoms with Crippen molar-refractivity contribution in [3.8, 4) is 11.3 Å². The second-order valence-electron chi connectivity index (χ2n) is 6.21. The first-order valence-corrected chi connectivity index (χ1v) is 9.57. The van der Waals surface area contributed by atoms with E-state index in [9.17, 15) is 4.79 Å². The Morgan fingerprint density at radius 1 is 1.19 bits per heavy atom. The molecule has 0 bridgehead atoms. The molecule has 4 aromatic rings. The van der Waals surface area contributed by atoms with Crippen LogP contribution < -0.4 is 5.32 Å². The van der Waals surface area contributed by atoms with Gasteiger partial charge in [0.2, 0.25) is 0 Å². The summed E-state index contributed by atoms with van der Waals surface area (Å²) in [7, 11) is 0. The number of H-pyrrole nitrogens is 1. The lowest BCUT2D eigenvalue weighted by molar-refractivity contribution is -0.127. The fourth-order valence-electron chi connectivity index (χ4n) is 2.82. The molecule has 2 aromatic heterocycles. The number of para-hydroxylation sites is 1. The number of carbonyl (C=O) groups is 1. The lowest BCUT2D eigenvalue weighted by Crippen LogP contribution is -2.27. The van der Waals surface area contributed by atoms with Crippen LogP contribution in [0.5, 0.6) is 0 Å². The molecule has 136 valence electrons. The van der Waals surface area contributed by atoms with Crippen molar-refractivity contribution in [3.63, 3.8) is 0 Å². The molecule has 0 radical (unpaired) electrons. The van der Waals surface area contributed by atoms with Gasteiger partial charge in [0.05, 0.1) is 12.3 Å². The molecular weight excluding hydrogens is 358 g/mol. The highest BCUT2D eigenvalue weighted by Gasteiger charge is 2.16. The molecule has 2 N–H and O–H groups in total. The molecule has 0 saturated heterocycles. The smallest absolute Gasteiger partial charge is 0.255 e. The van der Waals surface area contributed by atoms with E-state index in [1.54, 1.807) is 6.92 Å². The molecule has 0 aliphatic carbocycles. The number of hydrogen-bond donors (Lipinski definition) is 2. The maximum Gasteiger partial charge on any atom is 0.255 e. The van der Waals surface area contributed by atoms with Crippen LogP contribution in [0, 0.1) is 0 Å². The van der Waals surface area contributed by atoms with Crippen LogP contribution >= 0.6 is 11.3 Å². The van der Waals surface area contributed by atoms with Crippen molar-refractivity contribution in [1.82, 2.24) is 9.97 Å². The minimum absolute atomic E-state index is 0.203. The standard InChI is InChI=1S/C21H19N3O2S/c1-14(26-12-15-7-3-2-4-8-15)20(25)24-21-23-19(13-27-21)17-11-22-18-10-6-5-9-16(17)18/h2-11,13-14,22H,12H2,1H3,(H,23,24,25). The van der Waals surface area contributed by atoms with Crippen molar-refractivity contribution < 1.29 is 9.53 Å². The highest BCUT2D eigenvalue weighted by atomic mass is 32.1. The van der Waals surface area contributed by atoms with E-state index in [0.717, 1.165) is 27.7 Å². The van der Waals surface area contributed by atoms with Gasteiger partial charge in [-0.05, 0) is 18.6 Å². The van der Waals surface area contributed by atoms with Crippen LogP contribution in [0.2, 0.25) is 0 Å². The van der Waals surface area contributed by atoms with Crippen LogP contribution in [-0.2, 0) is 16.1 Å². The van der Waals surface area contributed by atoms with Gasteiger partial charge >= 0.3 is 0 Å². The second kappa shape index (κ2) is 7.73. The Morgan fingerprint density at radius 3 is 2.81 bits per heavy atom. The maximum absolute atomic E-state index is 12.4. The van der Waals surface area contributed by atoms with Crippen LogP contribution in [0.1, 0.15) is 12.5 Å². The molecule has 1 atom stereocenters. The van der Waals surface area contributed by atoms with E-state index in [1.165, 1.54) is 11.3 Å². The highest BCUT2D eigenvalue weighted by Crippen LogP contribution is 2.30. The Balaban J connectivity index is 1.40. The zero-order valence-electron chi connectivity index (χ0n) is 14.8. The van der Waals surface area contributed by atoms with E-state index in [0.29, 0.717) is 11.7 Å². The van der Waals surface area contributed by atoms with E-state index in [2.05, 4.69) is 21.4 Å². The second-order valence-corrected chi connectivity index (χ2v) is 7.07. The molecule has 0 aliphatic heterocycles. The summed E-state index contributed by atoms with van der Waals surface area (Å²) in [5.41, 5.74) is 3.96. The van der Waals surface area contributed by atoms with E-state index in [4.69, 9.17) is 4.74 Å². The summed E-state index contributed by atoms with van der Waals surface area (Å²) in [6, 6.07) is 17.9. The van der Waals surface area contributed by atoms with Crippen molar-refractivity contribution in [2.24, 2.45) is 0 Å². The number of fused-ring (bicyclic) bond motifs is 1. The molecule has 0 saturated carbocycles. The molecule has 0 spiro atoms. The van der Waals surface area contributed by atoms with Crippen molar-refractivity contribution in [2.75, 3.05) is 5.32 Å². The van der Waals surface area contributed by atoms with Gasteiger partial charge in [-0.3, -0.25) is 10.1 Å². The van der Waals surface area contributed by atoms with E-state index in [-0.39, 0.29) is 5.91 Å². The largest absolute Gasteiger partial charge is 0.364 e. The third-order valence-electron chi connectivity index (χ3n) is 4.31. The molecule has 1 amide bonds. The van der Waals surface area contributed by atoms with Crippen LogP contribution in [0.25, 0.3) is 22.2 Å². The first-order valence-electron chi connectivity index (χ1n) is 8.69. The van der Waals surface area contributed by atoms with Gasteiger partial charge in [0, 0.05) is 28.0 Å². The summed E-state index contributed by atoms with van der Waals surface area (Å²) < 4.78 is 5.66. The van der Waals surface area contributed by atoms with Crippen molar-refractivity contribution >= 4 is 33.3 Å². The zero-order chi connectivity index (χ0) is 18.6. The van der Waals surface area contributed by atoms with Crippen LogP contribution in [0.4, 0.5) is 5.13 Å². The third kappa shape index (κ3) is 3.92. The van der Waals surface area contributed by atoms with Crippen LogP contribution in [0.3, 0.4) is 0 Å². The number of carbonyl (C=O) groups excluding carboxylic acids is 1. The Kier molecular flexibility index (Phi) is 5.00. The lowest BCUT2D eigenvalue weighted by Gasteiger charge is -2.12. The van der Waals surface area contributed by atoms with Crippen LogP contribution in [-0.4, -0.2) is 22.0 Å². The van der Waals surface area contributed by atoms with Gasteiger partial charge < -0.3 is 9.72 Å². The van der Waals surface area contributed by atoms with E-state index in [1.807, 2.05) is 60.1 Å². The number of amides is 1. The summed E-state index contributed by atoms with van der Waals surface area (Å²) in [5.74, 6) is -0.203. The number of aromatic nitrogens is 2. The SMILES string of the molecule is CC(OCc1ccccc1)C(=O)Nc1nc(-c2c[nH]c3ccccc23)cs1. The first-order chi connectivity index (χ1) is 13.2. The summed E-state index contributed by atoms with van der Waals surface area (Å²) in [4.78, 5) is 20.2. The van der Waals surface area contributed by atoms with Gasteiger partial charge in [0.25, 0.3) is 5.91 Å². The fraction of sp³-hybridized carbons (Fsp3) is 0.143. The number of hydrogen-bond acceptors (Lipinski definition) is 4. The van der Waals surface area contributed by atoms with Gasteiger partial charge in [-0.15, -0.1) is 11.3 Å². The van der Waals surface area contributed by atoms with Crippen molar-refractivity contribution in [1.29, 1.82) is 0 Å². The fourth-order valence-corrected chi connectivity index (χ4v) is 3.53. The molecule has 2 heterocycles. The van der Waals surface area contributed by atoms with Gasteiger partial charge in [0.15, 0.2) is 5.13 Å². The predicted octanol–water partition coefficient (Wildman–Crippen LogP) is 4.84. The summed E-state index contributed by atoms with van der Waals surface area (Å²) in [6.07, 6.45) is 1.38. The number of nitrogens with one attached hydrogen (secondary N) is 2. The maximum atomic E-state index is 12.4. The predicted molar refractivity (Wildman–Crippen MR) is 109 cm³/mol. The monoisotopic (exact) mass is 377 g/mol. The highest BCUT2D eigenvalue weighted by molar-refractivity contribution is 7.14. The average molecular weight is 377 g/mol. The third-order valence-corrected chi connectivity index (χ3v) is 5.07. The van der Waals surface area contributed by atoms with Gasteiger partial charge in [0.1, 0.15) is 6.10 Å². The molecule has 0 fully saturated rings. The first kappa shape index (κ1) is 17.5. The molecule has 6 heteroatoms. The van der Waals surface area contributed by atoms with Crippen molar-refractivity contribution in [3.05, 3.63) is 71.7 Å². The lowest BCUT2D eigenvalue weighted by atomic mass is 10.1. The topological polar surface area (TPSA) is 67.0 Å². The number of rotatable bonds is 6.